The van der Waals surface area contributed by atoms with Crippen molar-refractivity contribution in [3.63, 3.8) is 0 Å². The lowest BCUT2D eigenvalue weighted by atomic mass is 9.76. The Labute approximate surface area is 184 Å². The Morgan fingerprint density at radius 1 is 1.03 bits per heavy atom. The highest BCUT2D eigenvalue weighted by Crippen LogP contribution is 2.37. The molecule has 0 spiro atoms. The Balaban J connectivity index is 1.46. The maximum atomic E-state index is 13.0. The Kier molecular flexibility index (Phi) is 6.82. The number of Topliss-reactive ketones (excluding diaryl/α,β-unsaturated/α-hetero) is 1. The molecule has 1 aromatic carbocycles. The zero-order chi connectivity index (χ0) is 23.0. The van der Waals surface area contributed by atoms with Crippen molar-refractivity contribution in [2.75, 3.05) is 13.7 Å². The lowest BCUT2D eigenvalue weighted by molar-refractivity contribution is -0.277. The number of hydrogen-bond donors (Lipinski definition) is 5. The molecular formula is C22H28O10. The van der Waals surface area contributed by atoms with Crippen LogP contribution in [0.4, 0.5) is 0 Å². The van der Waals surface area contributed by atoms with E-state index in [1.165, 1.54) is 6.26 Å². The molecule has 1 saturated heterocycles. The van der Waals surface area contributed by atoms with Crippen LogP contribution >= 0.6 is 0 Å². The van der Waals surface area contributed by atoms with Crippen LogP contribution in [0.15, 0.2) is 30.5 Å². The number of hydrogen-bond acceptors (Lipinski definition) is 10. The topological polar surface area (TPSA) is 155 Å². The van der Waals surface area contributed by atoms with E-state index < -0.39 is 55.4 Å². The van der Waals surface area contributed by atoms with Gasteiger partial charge in [-0.05, 0) is 17.7 Å². The summed E-state index contributed by atoms with van der Waals surface area (Å²) >= 11 is 0. The Hall–Kier alpha value is -2.05. The minimum absolute atomic E-state index is 0.159. The molecule has 0 bridgehead atoms. The molecule has 0 amide bonds. The van der Waals surface area contributed by atoms with E-state index in [0.717, 1.165) is 0 Å². The van der Waals surface area contributed by atoms with Gasteiger partial charge in [0.15, 0.2) is 5.78 Å². The third kappa shape index (κ3) is 4.27. The van der Waals surface area contributed by atoms with Gasteiger partial charge in [0.2, 0.25) is 6.29 Å². The van der Waals surface area contributed by atoms with Gasteiger partial charge >= 0.3 is 0 Å². The van der Waals surface area contributed by atoms with Crippen LogP contribution < -0.4 is 4.74 Å². The molecule has 2 heterocycles. The molecule has 32 heavy (non-hydrogen) atoms. The van der Waals surface area contributed by atoms with Crippen LogP contribution in [0.3, 0.4) is 0 Å². The number of rotatable bonds is 5. The van der Waals surface area contributed by atoms with Crippen LogP contribution in [-0.2, 0) is 19.0 Å². The SMILES string of the molecule is COC1CC(O)C2C(=O)C(c3ccc(O[C@@H]4O[C@H](CO)[C@@H](O)[C@H](O)[C@H]4O)cc3)=COC2C1. The summed E-state index contributed by atoms with van der Waals surface area (Å²) in [6.45, 7) is -0.556. The van der Waals surface area contributed by atoms with Crippen LogP contribution in [0.2, 0.25) is 0 Å². The first kappa shape index (κ1) is 23.1. The van der Waals surface area contributed by atoms with Gasteiger partial charge in [0.05, 0.1) is 36.6 Å². The van der Waals surface area contributed by atoms with E-state index in [4.69, 9.17) is 18.9 Å². The lowest BCUT2D eigenvalue weighted by Gasteiger charge is -2.40. The summed E-state index contributed by atoms with van der Waals surface area (Å²) in [6.07, 6.45) is -6.07. The number of aliphatic hydroxyl groups is 5. The molecule has 1 aromatic rings. The van der Waals surface area contributed by atoms with Crippen molar-refractivity contribution >= 4 is 11.4 Å². The van der Waals surface area contributed by atoms with Gasteiger partial charge in [-0.25, -0.2) is 0 Å². The number of carbonyl (C=O) groups excluding carboxylic acids is 1. The molecule has 1 aliphatic carbocycles. The van der Waals surface area contributed by atoms with E-state index in [2.05, 4.69) is 0 Å². The molecule has 2 fully saturated rings. The fraction of sp³-hybridized carbons (Fsp3) is 0.591. The first-order chi connectivity index (χ1) is 15.3. The molecule has 4 unspecified atom stereocenters. The van der Waals surface area contributed by atoms with Crippen molar-refractivity contribution in [1.29, 1.82) is 0 Å². The molecule has 1 saturated carbocycles. The third-order valence-corrected chi connectivity index (χ3v) is 6.34. The smallest absolute Gasteiger partial charge is 0.229 e. The summed E-state index contributed by atoms with van der Waals surface area (Å²) in [5.74, 6) is -0.585. The van der Waals surface area contributed by atoms with Crippen LogP contribution in [0, 0.1) is 5.92 Å². The van der Waals surface area contributed by atoms with E-state index in [1.807, 2.05) is 0 Å². The fourth-order valence-corrected chi connectivity index (χ4v) is 4.46. The number of carbonyl (C=O) groups is 1. The van der Waals surface area contributed by atoms with E-state index in [9.17, 15) is 30.3 Å². The largest absolute Gasteiger partial charge is 0.496 e. The molecule has 176 valence electrons. The molecule has 5 N–H and O–H groups in total. The lowest BCUT2D eigenvalue weighted by Crippen LogP contribution is -2.60. The summed E-state index contributed by atoms with van der Waals surface area (Å²) in [4.78, 5) is 13.0. The van der Waals surface area contributed by atoms with Crippen LogP contribution in [0.25, 0.3) is 5.57 Å². The highest BCUT2D eigenvalue weighted by atomic mass is 16.7. The van der Waals surface area contributed by atoms with Crippen molar-refractivity contribution in [1.82, 2.24) is 0 Å². The summed E-state index contributed by atoms with van der Waals surface area (Å²) < 4.78 is 22.0. The van der Waals surface area contributed by atoms with Crippen LogP contribution in [-0.4, -0.2) is 94.1 Å². The number of methoxy groups -OCH3 is 1. The van der Waals surface area contributed by atoms with E-state index in [0.29, 0.717) is 24.0 Å². The fourth-order valence-electron chi connectivity index (χ4n) is 4.46. The molecule has 10 heteroatoms. The van der Waals surface area contributed by atoms with E-state index >= 15 is 0 Å². The van der Waals surface area contributed by atoms with Gasteiger partial charge in [-0.2, -0.15) is 0 Å². The Morgan fingerprint density at radius 3 is 2.41 bits per heavy atom. The molecule has 9 atom stereocenters. The van der Waals surface area contributed by atoms with Crippen molar-refractivity contribution in [3.05, 3.63) is 36.1 Å². The summed E-state index contributed by atoms with van der Waals surface area (Å²) in [6, 6.07) is 6.35. The first-order valence-electron chi connectivity index (χ1n) is 10.5. The van der Waals surface area contributed by atoms with E-state index in [1.54, 1.807) is 31.4 Å². The predicted octanol–water partition coefficient (Wildman–Crippen LogP) is -1.04. The number of benzene rings is 1. The molecule has 10 nitrogen and oxygen atoms in total. The summed E-state index contributed by atoms with van der Waals surface area (Å²) in [5, 5.41) is 49.6. The maximum absolute atomic E-state index is 13.0. The van der Waals surface area contributed by atoms with Gasteiger partial charge in [-0.15, -0.1) is 0 Å². The van der Waals surface area contributed by atoms with Crippen LogP contribution in [0.5, 0.6) is 5.75 Å². The molecule has 0 radical (unpaired) electrons. The second-order valence-electron chi connectivity index (χ2n) is 8.33. The van der Waals surface area contributed by atoms with Crippen molar-refractivity contribution < 1.29 is 49.3 Å². The Bertz CT molecular complexity index is 838. The van der Waals surface area contributed by atoms with Gasteiger partial charge in [-0.1, -0.05) is 12.1 Å². The van der Waals surface area contributed by atoms with Gasteiger partial charge in [0.25, 0.3) is 0 Å². The highest BCUT2D eigenvalue weighted by molar-refractivity contribution is 6.22. The number of ketones is 1. The predicted molar refractivity (Wildman–Crippen MR) is 108 cm³/mol. The summed E-state index contributed by atoms with van der Waals surface area (Å²) in [7, 11) is 1.57. The van der Waals surface area contributed by atoms with Crippen molar-refractivity contribution in [2.45, 2.75) is 61.9 Å². The highest BCUT2D eigenvalue weighted by Gasteiger charge is 2.46. The average molecular weight is 452 g/mol. The number of ether oxygens (including phenoxy) is 4. The molecule has 3 aliphatic rings. The van der Waals surface area contributed by atoms with Gasteiger partial charge in [0.1, 0.15) is 36.3 Å². The van der Waals surface area contributed by atoms with Gasteiger partial charge in [-0.3, -0.25) is 4.79 Å². The minimum atomic E-state index is -1.54. The molecular weight excluding hydrogens is 424 g/mol. The molecule has 0 aromatic heterocycles. The molecule has 2 aliphatic heterocycles. The number of aliphatic hydroxyl groups excluding tert-OH is 5. The summed E-state index contributed by atoms with van der Waals surface area (Å²) in [5.41, 5.74) is 0.899. The quantitative estimate of drug-likeness (QED) is 0.374. The first-order valence-corrected chi connectivity index (χ1v) is 10.5. The Morgan fingerprint density at radius 2 is 1.75 bits per heavy atom. The average Bonchev–Trinajstić information content (AvgIpc) is 2.80. The second kappa shape index (κ2) is 9.44. The van der Waals surface area contributed by atoms with Gasteiger partial charge < -0.3 is 44.5 Å². The number of allylic oxidation sites excluding steroid dienone is 1. The van der Waals surface area contributed by atoms with Crippen LogP contribution in [0.1, 0.15) is 18.4 Å². The normalized spacial score (nSPS) is 39.6. The molecule has 4 rings (SSSR count). The zero-order valence-electron chi connectivity index (χ0n) is 17.5. The number of fused-ring (bicyclic) bond motifs is 1. The zero-order valence-corrected chi connectivity index (χ0v) is 17.5. The van der Waals surface area contributed by atoms with Gasteiger partial charge in [0, 0.05) is 20.0 Å². The van der Waals surface area contributed by atoms with E-state index in [-0.39, 0.29) is 17.6 Å². The monoisotopic (exact) mass is 452 g/mol. The van der Waals surface area contributed by atoms with Crippen molar-refractivity contribution in [3.8, 4) is 5.75 Å². The third-order valence-electron chi connectivity index (χ3n) is 6.34. The minimum Gasteiger partial charge on any atom is -0.496 e. The standard InChI is InChI=1S/C22H28O10/c1-29-12-6-14(24)17-15(7-12)30-9-13(18(17)25)10-2-4-11(5-3-10)31-22-21(28)20(27)19(26)16(8-23)32-22/h2-5,9,12,14-17,19-24,26-28H,6-8H2,1H3/t12?,14?,15?,16-,17?,19-,20+,21-,22-/m1/s1. The maximum Gasteiger partial charge on any atom is 0.229 e. The second-order valence-corrected chi connectivity index (χ2v) is 8.33. The van der Waals surface area contributed by atoms with Crippen molar-refractivity contribution in [2.24, 2.45) is 5.92 Å².